The number of hydrogen-bond acceptors (Lipinski definition) is 7. The van der Waals surface area contributed by atoms with Gasteiger partial charge in [0.1, 0.15) is 41.8 Å². The molecule has 0 amide bonds. The topological polar surface area (TPSA) is 127 Å². The minimum Gasteiger partial charge on any atom is -0.394 e. The number of anilines is 1. The molecule has 4 rings (SSSR count). The Hall–Kier alpha value is -2.23. The number of ether oxygens (including phenoxy) is 1. The van der Waals surface area contributed by atoms with E-state index in [0.717, 1.165) is 5.69 Å². The number of aliphatic hydroxyl groups is 3. The van der Waals surface area contributed by atoms with Crippen LogP contribution in [-0.2, 0) is 4.74 Å². The van der Waals surface area contributed by atoms with Crippen LogP contribution in [0, 0.1) is 0 Å². The van der Waals surface area contributed by atoms with Crippen LogP contribution in [0.3, 0.4) is 0 Å². The maximum Gasteiger partial charge on any atom is 0.151 e. The van der Waals surface area contributed by atoms with Gasteiger partial charge in [0.15, 0.2) is 5.82 Å². The fraction of sp³-hybridized carbons (Fsp3) is 0.294. The van der Waals surface area contributed by atoms with Crippen LogP contribution in [0.5, 0.6) is 0 Å². The van der Waals surface area contributed by atoms with Crippen molar-refractivity contribution in [2.45, 2.75) is 24.4 Å². The van der Waals surface area contributed by atoms with E-state index < -0.39 is 31.0 Å². The Morgan fingerprint density at radius 3 is 2.54 bits per heavy atom. The number of benzene rings is 1. The molecule has 3 aromatic rings. The zero-order valence-corrected chi connectivity index (χ0v) is 14.3. The van der Waals surface area contributed by atoms with Gasteiger partial charge in [-0.05, 0) is 24.3 Å². The molecule has 1 saturated heterocycles. The number of aliphatic hydroxyl groups excluding tert-OH is 3. The zero-order chi connectivity index (χ0) is 18.4. The molecule has 0 aliphatic carbocycles. The maximum atomic E-state index is 10.4. The average molecular weight is 377 g/mol. The summed E-state index contributed by atoms with van der Waals surface area (Å²) in [4.78, 5) is 8.33. The van der Waals surface area contributed by atoms with Gasteiger partial charge in [-0.25, -0.2) is 9.97 Å². The number of nitrogens with two attached hydrogens (primary N) is 1. The Balaban J connectivity index is 1.89. The highest BCUT2D eigenvalue weighted by Crippen LogP contribution is 2.39. The summed E-state index contributed by atoms with van der Waals surface area (Å²) >= 11 is 5.96. The summed E-state index contributed by atoms with van der Waals surface area (Å²) in [5, 5.41) is 30.3. The minimum atomic E-state index is -1.20. The second-order valence-corrected chi connectivity index (χ2v) is 6.58. The SMILES string of the molecule is Nc1ncnc2c([C@@H]3O[C@H](CO)[C@@H](O)[C@H]3O)cn(-c3ccc(Cl)cc3)c12. The van der Waals surface area contributed by atoms with E-state index in [1.807, 2.05) is 12.1 Å². The van der Waals surface area contributed by atoms with Crippen molar-refractivity contribution in [3.05, 3.63) is 47.4 Å². The van der Waals surface area contributed by atoms with Crippen LogP contribution < -0.4 is 5.73 Å². The molecule has 0 saturated carbocycles. The van der Waals surface area contributed by atoms with E-state index in [1.54, 1.807) is 22.9 Å². The first-order valence-electron chi connectivity index (χ1n) is 8.01. The van der Waals surface area contributed by atoms with E-state index >= 15 is 0 Å². The summed E-state index contributed by atoms with van der Waals surface area (Å²) in [6.07, 6.45) is -1.06. The third-order valence-electron chi connectivity index (χ3n) is 4.59. The van der Waals surface area contributed by atoms with Gasteiger partial charge in [-0.3, -0.25) is 0 Å². The van der Waals surface area contributed by atoms with Gasteiger partial charge in [0, 0.05) is 22.5 Å². The molecule has 1 fully saturated rings. The van der Waals surface area contributed by atoms with Gasteiger partial charge in [-0.2, -0.15) is 0 Å². The second kappa shape index (κ2) is 6.49. The lowest BCUT2D eigenvalue weighted by molar-refractivity contribution is -0.0224. The number of rotatable bonds is 3. The van der Waals surface area contributed by atoms with Crippen LogP contribution in [0.1, 0.15) is 11.7 Å². The Labute approximate surface area is 153 Å². The molecule has 26 heavy (non-hydrogen) atoms. The van der Waals surface area contributed by atoms with Gasteiger partial charge in [-0.1, -0.05) is 11.6 Å². The van der Waals surface area contributed by atoms with Gasteiger partial charge in [0.25, 0.3) is 0 Å². The average Bonchev–Trinajstić information content (AvgIpc) is 3.15. The van der Waals surface area contributed by atoms with Gasteiger partial charge >= 0.3 is 0 Å². The van der Waals surface area contributed by atoms with Crippen LogP contribution in [0.15, 0.2) is 36.8 Å². The van der Waals surface area contributed by atoms with E-state index in [2.05, 4.69) is 9.97 Å². The number of fused-ring (bicyclic) bond motifs is 1. The third-order valence-corrected chi connectivity index (χ3v) is 4.84. The van der Waals surface area contributed by atoms with Crippen LogP contribution in [0.4, 0.5) is 5.82 Å². The van der Waals surface area contributed by atoms with E-state index in [9.17, 15) is 15.3 Å². The van der Waals surface area contributed by atoms with Gasteiger partial charge in [0.05, 0.1) is 6.61 Å². The van der Waals surface area contributed by atoms with Gasteiger partial charge in [0.2, 0.25) is 0 Å². The first-order chi connectivity index (χ1) is 12.5. The molecule has 1 aliphatic heterocycles. The number of hydrogen-bond donors (Lipinski definition) is 4. The fourth-order valence-corrected chi connectivity index (χ4v) is 3.40. The van der Waals surface area contributed by atoms with Gasteiger partial charge in [-0.15, -0.1) is 0 Å². The summed E-state index contributed by atoms with van der Waals surface area (Å²) in [7, 11) is 0. The van der Waals surface area contributed by atoms with Crippen LogP contribution in [-0.4, -0.2) is 54.8 Å². The highest BCUT2D eigenvalue weighted by molar-refractivity contribution is 6.30. The number of aromatic nitrogens is 3. The lowest BCUT2D eigenvalue weighted by Gasteiger charge is -2.13. The molecule has 9 heteroatoms. The summed E-state index contributed by atoms with van der Waals surface area (Å²) in [5.74, 6) is 0.267. The molecular formula is C17H17ClN4O4. The highest BCUT2D eigenvalue weighted by Gasteiger charge is 2.44. The molecule has 4 atom stereocenters. The predicted octanol–water partition coefficient (Wildman–Crippen LogP) is 0.810. The molecule has 2 aromatic heterocycles. The molecule has 8 nitrogen and oxygen atoms in total. The smallest absolute Gasteiger partial charge is 0.151 e. The van der Waals surface area contributed by atoms with Crippen molar-refractivity contribution in [3.63, 3.8) is 0 Å². The van der Waals surface area contributed by atoms with Crippen molar-refractivity contribution in [3.8, 4) is 5.69 Å². The quantitative estimate of drug-likeness (QED) is 0.532. The standard InChI is InChI=1S/C17H17ClN4O4/c18-8-1-3-9(4-2-8)22-5-10(12-13(22)17(19)21-7-20-12)16-15(25)14(24)11(6-23)26-16/h1-5,7,11,14-16,23-25H,6H2,(H2,19,20,21)/t11-,14-,15-,16+/m1/s1. The summed E-state index contributed by atoms with van der Waals surface area (Å²) in [5.41, 5.74) is 8.45. The molecular weight excluding hydrogens is 360 g/mol. The normalized spacial score (nSPS) is 25.8. The van der Waals surface area contributed by atoms with Crippen LogP contribution >= 0.6 is 11.6 Å². The molecule has 1 aliphatic rings. The number of halogens is 1. The van der Waals surface area contributed by atoms with Crippen LogP contribution in [0.25, 0.3) is 16.7 Å². The van der Waals surface area contributed by atoms with Gasteiger partial charge < -0.3 is 30.4 Å². The van der Waals surface area contributed by atoms with Crippen LogP contribution in [0.2, 0.25) is 5.02 Å². The molecule has 3 heterocycles. The first-order valence-corrected chi connectivity index (χ1v) is 8.39. The zero-order valence-electron chi connectivity index (χ0n) is 13.5. The van der Waals surface area contributed by atoms with E-state index in [4.69, 9.17) is 22.1 Å². The molecule has 1 aromatic carbocycles. The van der Waals surface area contributed by atoms with E-state index in [-0.39, 0.29) is 5.82 Å². The first kappa shape index (κ1) is 17.2. The van der Waals surface area contributed by atoms with Crippen molar-refractivity contribution in [2.75, 3.05) is 12.3 Å². The van der Waals surface area contributed by atoms with Crippen molar-refractivity contribution in [1.82, 2.24) is 14.5 Å². The predicted molar refractivity (Wildman–Crippen MR) is 95.0 cm³/mol. The molecule has 0 unspecified atom stereocenters. The minimum absolute atomic E-state index is 0.267. The van der Waals surface area contributed by atoms with Crippen molar-refractivity contribution in [1.29, 1.82) is 0 Å². The lowest BCUT2D eigenvalue weighted by Crippen LogP contribution is -2.32. The van der Waals surface area contributed by atoms with E-state index in [1.165, 1.54) is 6.33 Å². The maximum absolute atomic E-state index is 10.4. The number of nitrogens with zero attached hydrogens (tertiary/aromatic N) is 3. The monoisotopic (exact) mass is 376 g/mol. The Morgan fingerprint density at radius 1 is 1.15 bits per heavy atom. The second-order valence-electron chi connectivity index (χ2n) is 6.15. The summed E-state index contributed by atoms with van der Waals surface area (Å²) in [6.45, 7) is -0.401. The molecule has 0 bridgehead atoms. The molecule has 136 valence electrons. The Kier molecular flexibility index (Phi) is 4.29. The fourth-order valence-electron chi connectivity index (χ4n) is 3.28. The lowest BCUT2D eigenvalue weighted by atomic mass is 10.0. The molecule has 0 spiro atoms. The molecule has 0 radical (unpaired) electrons. The van der Waals surface area contributed by atoms with Crippen molar-refractivity contribution in [2.24, 2.45) is 0 Å². The third kappa shape index (κ3) is 2.63. The highest BCUT2D eigenvalue weighted by atomic mass is 35.5. The Bertz CT molecular complexity index is 946. The van der Waals surface area contributed by atoms with Crippen molar-refractivity contribution >= 4 is 28.5 Å². The molecule has 5 N–H and O–H groups in total. The summed E-state index contributed by atoms with van der Waals surface area (Å²) < 4.78 is 7.43. The largest absolute Gasteiger partial charge is 0.394 e. The van der Waals surface area contributed by atoms with Crippen molar-refractivity contribution < 1.29 is 20.1 Å². The Morgan fingerprint density at radius 2 is 1.88 bits per heavy atom. The number of nitrogen functional groups attached to an aromatic ring is 1. The van der Waals surface area contributed by atoms with E-state index in [0.29, 0.717) is 21.6 Å². The summed E-state index contributed by atoms with van der Waals surface area (Å²) in [6, 6.07) is 7.12.